The lowest BCUT2D eigenvalue weighted by Crippen LogP contribution is -2.55. The van der Waals surface area contributed by atoms with Gasteiger partial charge in [0, 0.05) is 0 Å². The average molecular weight is 284 g/mol. The molecule has 4 atom stereocenters. The summed E-state index contributed by atoms with van der Waals surface area (Å²) in [6, 6.07) is 0. The monoisotopic (exact) mass is 284 g/mol. The summed E-state index contributed by atoms with van der Waals surface area (Å²) in [5.74, 6) is 0. The third-order valence-corrected chi connectivity index (χ3v) is 3.24. The number of ether oxygens (including phenoxy) is 1. The van der Waals surface area contributed by atoms with E-state index in [1.54, 1.807) is 0 Å². The fourth-order valence-corrected chi connectivity index (χ4v) is 2.18. The summed E-state index contributed by atoms with van der Waals surface area (Å²) < 4.78 is 5.73. The van der Waals surface area contributed by atoms with Crippen LogP contribution in [-0.2, 0) is 4.74 Å². The van der Waals surface area contributed by atoms with Gasteiger partial charge in [-0.25, -0.2) is 14.3 Å². The van der Waals surface area contributed by atoms with Crippen molar-refractivity contribution in [3.8, 4) is 0 Å². The van der Waals surface area contributed by atoms with E-state index in [0.29, 0.717) is 4.57 Å². The molecule has 3 rings (SSSR count). The van der Waals surface area contributed by atoms with Crippen LogP contribution in [0.3, 0.4) is 0 Å². The van der Waals surface area contributed by atoms with Crippen LogP contribution < -0.4 is 11.2 Å². The zero-order valence-corrected chi connectivity index (χ0v) is 10.1. The van der Waals surface area contributed by atoms with Crippen molar-refractivity contribution in [1.29, 1.82) is 0 Å². The van der Waals surface area contributed by atoms with Crippen LogP contribution in [0.5, 0.6) is 0 Å². The van der Waals surface area contributed by atoms with E-state index in [1.807, 2.05) is 0 Å². The number of aliphatic hydroxyl groups excluding tert-OH is 3. The van der Waals surface area contributed by atoms with Gasteiger partial charge in [-0.1, -0.05) is 0 Å². The second-order valence-corrected chi connectivity index (χ2v) is 4.50. The van der Waals surface area contributed by atoms with Gasteiger partial charge in [0.1, 0.15) is 23.8 Å². The number of imidazole rings is 1. The van der Waals surface area contributed by atoms with E-state index >= 15 is 0 Å². The molecule has 20 heavy (non-hydrogen) atoms. The lowest BCUT2D eigenvalue weighted by atomic mass is 10.0. The molecule has 0 radical (unpaired) electrons. The van der Waals surface area contributed by atoms with E-state index in [9.17, 15) is 24.9 Å². The summed E-state index contributed by atoms with van der Waals surface area (Å²) >= 11 is 0. The number of aliphatic hydroxyl groups is 3. The minimum atomic E-state index is -1.61. The number of aromatic amines is 2. The molecule has 0 unspecified atom stereocenters. The number of rotatable bonds is 1. The zero-order chi connectivity index (χ0) is 14.4. The minimum Gasteiger partial charge on any atom is -0.388 e. The van der Waals surface area contributed by atoms with Crippen LogP contribution in [0.15, 0.2) is 15.9 Å². The van der Waals surface area contributed by atoms with Crippen molar-refractivity contribution >= 4 is 11.2 Å². The molecule has 0 aliphatic carbocycles. The van der Waals surface area contributed by atoms with Crippen LogP contribution in [0.25, 0.3) is 11.2 Å². The molecule has 10 nitrogen and oxygen atoms in total. The Morgan fingerprint density at radius 1 is 1.30 bits per heavy atom. The maximum Gasteiger partial charge on any atom is 0.332 e. The molecule has 1 aliphatic rings. The molecular weight excluding hydrogens is 272 g/mol. The van der Waals surface area contributed by atoms with Crippen LogP contribution >= 0.6 is 0 Å². The summed E-state index contributed by atoms with van der Waals surface area (Å²) in [6.07, 6.45) is -4.57. The standard InChI is InChI=1S/C10H12N4O6/c15-3-1-20-9(6(17)5(3)16)14-8(18)4-7(12-2-11-4)13-10(14)19/h2-3,5-6,9,15-17H,1H2,(H,11,12)(H,13,19)/t3-,5-,6-,9-/m1/s1. The maximum absolute atomic E-state index is 12.2. The smallest absolute Gasteiger partial charge is 0.332 e. The van der Waals surface area contributed by atoms with Gasteiger partial charge in [-0.3, -0.25) is 9.78 Å². The molecule has 1 aliphatic heterocycles. The SMILES string of the molecule is O=c1[nH]c2nc[nH]c2c(=O)n1[C@@H]1OC[C@@H](O)[C@@H](O)[C@H]1O. The Hall–Kier alpha value is -2.01. The van der Waals surface area contributed by atoms with Crippen LogP contribution in [0.4, 0.5) is 0 Å². The van der Waals surface area contributed by atoms with Crippen molar-refractivity contribution in [1.82, 2.24) is 19.5 Å². The molecule has 0 saturated carbocycles. The van der Waals surface area contributed by atoms with Crippen molar-refractivity contribution in [3.05, 3.63) is 27.2 Å². The topological polar surface area (TPSA) is 153 Å². The highest BCUT2D eigenvalue weighted by molar-refractivity contribution is 5.67. The Bertz CT molecular complexity index is 748. The first-order valence-corrected chi connectivity index (χ1v) is 5.84. The zero-order valence-electron chi connectivity index (χ0n) is 10.1. The van der Waals surface area contributed by atoms with Crippen LogP contribution in [-0.4, -0.2) is 59.8 Å². The Labute approximate surface area is 110 Å². The van der Waals surface area contributed by atoms with Gasteiger partial charge in [0.25, 0.3) is 5.56 Å². The van der Waals surface area contributed by atoms with E-state index in [4.69, 9.17) is 4.74 Å². The Balaban J connectivity index is 2.15. The molecule has 10 heteroatoms. The molecule has 0 aromatic carbocycles. The first kappa shape index (κ1) is 13.0. The Kier molecular flexibility index (Phi) is 2.94. The molecule has 108 valence electrons. The predicted molar refractivity (Wildman–Crippen MR) is 64.0 cm³/mol. The molecule has 0 spiro atoms. The van der Waals surface area contributed by atoms with Gasteiger partial charge in [0.05, 0.1) is 12.9 Å². The third-order valence-electron chi connectivity index (χ3n) is 3.24. The van der Waals surface area contributed by atoms with Crippen molar-refractivity contribution < 1.29 is 20.1 Å². The summed E-state index contributed by atoms with van der Waals surface area (Å²) in [5, 5.41) is 28.8. The lowest BCUT2D eigenvalue weighted by molar-refractivity contribution is -0.212. The van der Waals surface area contributed by atoms with E-state index in [0.717, 1.165) is 0 Å². The van der Waals surface area contributed by atoms with E-state index in [2.05, 4.69) is 15.0 Å². The van der Waals surface area contributed by atoms with Crippen LogP contribution in [0.2, 0.25) is 0 Å². The van der Waals surface area contributed by atoms with E-state index in [-0.39, 0.29) is 17.8 Å². The number of aromatic nitrogens is 4. The van der Waals surface area contributed by atoms with Crippen molar-refractivity contribution in [2.24, 2.45) is 0 Å². The first-order valence-electron chi connectivity index (χ1n) is 5.84. The molecule has 2 aromatic rings. The fourth-order valence-electron chi connectivity index (χ4n) is 2.18. The second kappa shape index (κ2) is 4.52. The fraction of sp³-hybridized carbons (Fsp3) is 0.500. The normalized spacial score (nSPS) is 30.8. The van der Waals surface area contributed by atoms with Crippen molar-refractivity contribution in [2.75, 3.05) is 6.61 Å². The molecule has 0 bridgehead atoms. The summed E-state index contributed by atoms with van der Waals surface area (Å²) in [6.45, 7) is -0.310. The van der Waals surface area contributed by atoms with Crippen LogP contribution in [0.1, 0.15) is 6.23 Å². The van der Waals surface area contributed by atoms with Gasteiger partial charge in [0.2, 0.25) is 0 Å². The van der Waals surface area contributed by atoms with E-state index < -0.39 is 35.8 Å². The molecular formula is C10H12N4O6. The second-order valence-electron chi connectivity index (χ2n) is 4.50. The number of hydrogen-bond donors (Lipinski definition) is 5. The molecule has 0 amide bonds. The summed E-state index contributed by atoms with van der Waals surface area (Å²) in [4.78, 5) is 32.8. The number of nitrogens with zero attached hydrogens (tertiary/aromatic N) is 2. The predicted octanol–water partition coefficient (Wildman–Crippen LogP) is -2.98. The van der Waals surface area contributed by atoms with Gasteiger partial charge < -0.3 is 25.0 Å². The van der Waals surface area contributed by atoms with Gasteiger partial charge in [-0.15, -0.1) is 0 Å². The van der Waals surface area contributed by atoms with E-state index in [1.165, 1.54) is 6.33 Å². The highest BCUT2D eigenvalue weighted by atomic mass is 16.5. The number of hydrogen-bond acceptors (Lipinski definition) is 7. The molecule has 3 heterocycles. The van der Waals surface area contributed by atoms with Gasteiger partial charge >= 0.3 is 5.69 Å². The van der Waals surface area contributed by atoms with Gasteiger partial charge in [0.15, 0.2) is 11.9 Å². The largest absolute Gasteiger partial charge is 0.388 e. The average Bonchev–Trinajstić information content (AvgIpc) is 2.87. The number of fused-ring (bicyclic) bond motifs is 1. The number of nitrogens with one attached hydrogen (secondary N) is 2. The molecule has 5 N–H and O–H groups in total. The van der Waals surface area contributed by atoms with Crippen molar-refractivity contribution in [3.63, 3.8) is 0 Å². The molecule has 1 saturated heterocycles. The Morgan fingerprint density at radius 2 is 2.05 bits per heavy atom. The van der Waals surface area contributed by atoms with Gasteiger partial charge in [-0.05, 0) is 0 Å². The van der Waals surface area contributed by atoms with Gasteiger partial charge in [-0.2, -0.15) is 0 Å². The third kappa shape index (κ3) is 1.78. The highest BCUT2D eigenvalue weighted by Crippen LogP contribution is 2.21. The summed E-state index contributed by atoms with van der Waals surface area (Å²) in [5.41, 5.74) is -1.45. The highest BCUT2D eigenvalue weighted by Gasteiger charge is 2.40. The molecule has 2 aromatic heterocycles. The first-order chi connectivity index (χ1) is 9.50. The maximum atomic E-state index is 12.2. The molecule has 1 fully saturated rings. The quantitative estimate of drug-likeness (QED) is 0.374. The Morgan fingerprint density at radius 3 is 2.80 bits per heavy atom. The van der Waals surface area contributed by atoms with Crippen molar-refractivity contribution in [2.45, 2.75) is 24.5 Å². The lowest BCUT2D eigenvalue weighted by Gasteiger charge is -2.35. The number of H-pyrrole nitrogens is 2. The summed E-state index contributed by atoms with van der Waals surface area (Å²) in [7, 11) is 0. The minimum absolute atomic E-state index is 0.0426. The van der Waals surface area contributed by atoms with Crippen LogP contribution in [0, 0.1) is 0 Å².